The molecule has 0 atom stereocenters. The van der Waals surface area contributed by atoms with Crippen LogP contribution >= 0.6 is 0 Å². The number of hydrogen-bond acceptors (Lipinski definition) is 3. The molecule has 0 rings (SSSR count). The lowest BCUT2D eigenvalue weighted by Crippen LogP contribution is -2.16. The zero-order valence-electron chi connectivity index (χ0n) is 10.9. The van der Waals surface area contributed by atoms with Crippen LogP contribution < -0.4 is 0 Å². The second-order valence-corrected chi connectivity index (χ2v) is 3.69. The molecule has 0 aliphatic rings. The maximum Gasteiger partial charge on any atom is 0.303 e. The van der Waals surface area contributed by atoms with Crippen LogP contribution in [0.15, 0.2) is 12.2 Å². The van der Waals surface area contributed by atoms with Crippen molar-refractivity contribution in [3.8, 4) is 0 Å². The molecule has 0 aromatic carbocycles. The van der Waals surface area contributed by atoms with Crippen LogP contribution in [0.25, 0.3) is 0 Å². The molecule has 0 aromatic heterocycles. The Hall–Kier alpha value is -0.870. The molecular formula is C13H24O4. The Kier molecular flexibility index (Phi) is 11.0. The van der Waals surface area contributed by atoms with Gasteiger partial charge in [0, 0.05) is 26.1 Å². The minimum Gasteiger partial charge on any atom is -0.481 e. The standard InChI is InChI=1S/C13H24O4/c1-3-16-13(17-4-2)11-9-7-5-6-8-10-12(14)15/h7,9,13H,3-6,8,10-11H2,1-2H3,(H,14,15)/b9-7-. The molecule has 0 aliphatic carbocycles. The predicted octanol–water partition coefficient (Wildman–Crippen LogP) is 2.98. The molecule has 0 unspecified atom stereocenters. The van der Waals surface area contributed by atoms with Crippen molar-refractivity contribution >= 4 is 5.97 Å². The van der Waals surface area contributed by atoms with Crippen LogP contribution in [0.3, 0.4) is 0 Å². The zero-order chi connectivity index (χ0) is 12.9. The van der Waals surface area contributed by atoms with Crippen LogP contribution in [-0.2, 0) is 14.3 Å². The molecule has 17 heavy (non-hydrogen) atoms. The molecule has 0 aromatic rings. The third kappa shape index (κ3) is 11.4. The molecule has 0 aliphatic heterocycles. The van der Waals surface area contributed by atoms with E-state index in [1.807, 2.05) is 19.9 Å². The highest BCUT2D eigenvalue weighted by atomic mass is 16.7. The molecular weight excluding hydrogens is 220 g/mol. The Morgan fingerprint density at radius 3 is 2.35 bits per heavy atom. The topological polar surface area (TPSA) is 55.8 Å². The third-order valence-corrected chi connectivity index (χ3v) is 2.21. The number of carbonyl (C=O) groups is 1. The van der Waals surface area contributed by atoms with Gasteiger partial charge in [-0.25, -0.2) is 0 Å². The van der Waals surface area contributed by atoms with Crippen LogP contribution in [0.4, 0.5) is 0 Å². The van der Waals surface area contributed by atoms with Gasteiger partial charge in [-0.2, -0.15) is 0 Å². The van der Waals surface area contributed by atoms with E-state index in [-0.39, 0.29) is 12.7 Å². The Balaban J connectivity index is 3.52. The van der Waals surface area contributed by atoms with Crippen LogP contribution in [-0.4, -0.2) is 30.6 Å². The molecule has 0 bridgehead atoms. The van der Waals surface area contributed by atoms with Crippen LogP contribution in [0, 0.1) is 0 Å². The number of carboxylic acid groups (broad SMARTS) is 1. The van der Waals surface area contributed by atoms with Gasteiger partial charge in [-0.15, -0.1) is 0 Å². The summed E-state index contributed by atoms with van der Waals surface area (Å²) < 4.78 is 10.8. The quantitative estimate of drug-likeness (QED) is 0.345. The summed E-state index contributed by atoms with van der Waals surface area (Å²) in [5.74, 6) is -0.721. The first-order chi connectivity index (χ1) is 8.20. The van der Waals surface area contributed by atoms with E-state index in [1.165, 1.54) is 0 Å². The van der Waals surface area contributed by atoms with Gasteiger partial charge >= 0.3 is 5.97 Å². The summed E-state index contributed by atoms with van der Waals surface area (Å²) in [5.41, 5.74) is 0. The highest BCUT2D eigenvalue weighted by Gasteiger charge is 2.03. The molecule has 1 N–H and O–H groups in total. The molecule has 0 amide bonds. The smallest absolute Gasteiger partial charge is 0.303 e. The fourth-order valence-electron chi connectivity index (χ4n) is 1.42. The van der Waals surface area contributed by atoms with Crippen molar-refractivity contribution in [1.82, 2.24) is 0 Å². The maximum absolute atomic E-state index is 10.3. The van der Waals surface area contributed by atoms with E-state index in [0.717, 1.165) is 25.7 Å². The van der Waals surface area contributed by atoms with Gasteiger partial charge in [0.2, 0.25) is 0 Å². The summed E-state index contributed by atoms with van der Waals surface area (Å²) in [4.78, 5) is 10.3. The lowest BCUT2D eigenvalue weighted by Gasteiger charge is -2.14. The summed E-state index contributed by atoms with van der Waals surface area (Å²) in [6.45, 7) is 5.19. The lowest BCUT2D eigenvalue weighted by atomic mass is 10.2. The van der Waals surface area contributed by atoms with Crippen molar-refractivity contribution in [2.45, 2.75) is 52.2 Å². The minimum absolute atomic E-state index is 0.153. The normalized spacial score (nSPS) is 11.5. The van der Waals surface area contributed by atoms with Gasteiger partial charge in [-0.1, -0.05) is 12.2 Å². The molecule has 0 radical (unpaired) electrons. The molecule has 4 heteroatoms. The number of ether oxygens (including phenoxy) is 2. The van der Waals surface area contributed by atoms with E-state index in [1.54, 1.807) is 0 Å². The van der Waals surface area contributed by atoms with E-state index in [4.69, 9.17) is 14.6 Å². The Morgan fingerprint density at radius 2 is 1.82 bits per heavy atom. The van der Waals surface area contributed by atoms with Gasteiger partial charge < -0.3 is 14.6 Å². The molecule has 0 saturated heterocycles. The van der Waals surface area contributed by atoms with Gasteiger partial charge in [-0.05, 0) is 33.1 Å². The van der Waals surface area contributed by atoms with E-state index in [0.29, 0.717) is 13.2 Å². The van der Waals surface area contributed by atoms with Crippen LogP contribution in [0.5, 0.6) is 0 Å². The van der Waals surface area contributed by atoms with Crippen molar-refractivity contribution in [3.63, 3.8) is 0 Å². The SMILES string of the molecule is CCOC(C/C=C\CCCCC(=O)O)OCC. The fraction of sp³-hybridized carbons (Fsp3) is 0.769. The average molecular weight is 244 g/mol. The van der Waals surface area contributed by atoms with E-state index in [2.05, 4.69) is 6.08 Å². The van der Waals surface area contributed by atoms with E-state index >= 15 is 0 Å². The Morgan fingerprint density at radius 1 is 1.18 bits per heavy atom. The van der Waals surface area contributed by atoms with E-state index < -0.39 is 5.97 Å². The minimum atomic E-state index is -0.721. The Labute approximate surface area is 104 Å². The molecule has 0 saturated carbocycles. The van der Waals surface area contributed by atoms with Crippen molar-refractivity contribution in [3.05, 3.63) is 12.2 Å². The van der Waals surface area contributed by atoms with Gasteiger partial charge in [0.1, 0.15) is 0 Å². The second kappa shape index (κ2) is 11.6. The summed E-state index contributed by atoms with van der Waals surface area (Å²) in [6, 6.07) is 0. The van der Waals surface area contributed by atoms with Gasteiger partial charge in [0.15, 0.2) is 6.29 Å². The van der Waals surface area contributed by atoms with Crippen LogP contribution in [0.2, 0.25) is 0 Å². The number of unbranched alkanes of at least 4 members (excludes halogenated alkanes) is 2. The van der Waals surface area contributed by atoms with E-state index in [9.17, 15) is 4.79 Å². The highest BCUT2D eigenvalue weighted by molar-refractivity contribution is 5.66. The maximum atomic E-state index is 10.3. The highest BCUT2D eigenvalue weighted by Crippen LogP contribution is 2.05. The summed E-state index contributed by atoms with van der Waals surface area (Å²) in [7, 11) is 0. The van der Waals surface area contributed by atoms with Crippen molar-refractivity contribution in [2.75, 3.05) is 13.2 Å². The number of allylic oxidation sites excluding steroid dienone is 1. The van der Waals surface area contributed by atoms with Gasteiger partial charge in [0.25, 0.3) is 0 Å². The second-order valence-electron chi connectivity index (χ2n) is 3.69. The van der Waals surface area contributed by atoms with Crippen molar-refractivity contribution in [1.29, 1.82) is 0 Å². The fourth-order valence-corrected chi connectivity index (χ4v) is 1.42. The largest absolute Gasteiger partial charge is 0.481 e. The number of rotatable bonds is 11. The number of aliphatic carboxylic acids is 1. The summed E-state index contributed by atoms with van der Waals surface area (Å²) >= 11 is 0. The van der Waals surface area contributed by atoms with Crippen molar-refractivity contribution < 1.29 is 19.4 Å². The summed E-state index contributed by atoms with van der Waals surface area (Å²) in [6.07, 6.45) is 7.52. The molecule has 0 heterocycles. The summed E-state index contributed by atoms with van der Waals surface area (Å²) in [5, 5.41) is 8.46. The zero-order valence-corrected chi connectivity index (χ0v) is 10.9. The Bertz CT molecular complexity index is 207. The molecule has 0 spiro atoms. The average Bonchev–Trinajstić information content (AvgIpc) is 2.28. The molecule has 100 valence electrons. The first kappa shape index (κ1) is 16.1. The first-order valence-electron chi connectivity index (χ1n) is 6.30. The molecule has 0 fully saturated rings. The van der Waals surface area contributed by atoms with Gasteiger partial charge in [0.05, 0.1) is 0 Å². The van der Waals surface area contributed by atoms with Gasteiger partial charge in [-0.3, -0.25) is 4.79 Å². The first-order valence-corrected chi connectivity index (χ1v) is 6.30. The third-order valence-electron chi connectivity index (χ3n) is 2.21. The lowest BCUT2D eigenvalue weighted by molar-refractivity contribution is -0.137. The number of hydrogen-bond donors (Lipinski definition) is 1. The predicted molar refractivity (Wildman–Crippen MR) is 66.9 cm³/mol. The van der Waals surface area contributed by atoms with Crippen molar-refractivity contribution in [2.24, 2.45) is 0 Å². The number of carboxylic acids is 1. The monoisotopic (exact) mass is 244 g/mol. The van der Waals surface area contributed by atoms with Crippen LogP contribution in [0.1, 0.15) is 46.0 Å². The molecule has 4 nitrogen and oxygen atoms in total.